The first kappa shape index (κ1) is 13.2. The lowest BCUT2D eigenvalue weighted by atomic mass is 10.1. The molecule has 0 saturated carbocycles. The minimum absolute atomic E-state index is 0.00595. The topological polar surface area (TPSA) is 47.8 Å². The number of fused-ring (bicyclic) bond motifs is 3. The number of hydrogen-bond acceptors (Lipinski definition) is 4. The Morgan fingerprint density at radius 1 is 1.14 bits per heavy atom. The van der Waals surface area contributed by atoms with Crippen LogP contribution in [-0.4, -0.2) is 14.5 Å². The molecule has 0 radical (unpaired) electrons. The second-order valence-electron chi connectivity index (χ2n) is 5.30. The summed E-state index contributed by atoms with van der Waals surface area (Å²) in [6, 6.07) is 12.0. The highest BCUT2D eigenvalue weighted by Gasteiger charge is 2.12. The Hall–Kier alpha value is -2.53. The fourth-order valence-corrected chi connectivity index (χ4v) is 3.55. The molecule has 0 amide bonds. The predicted octanol–water partition coefficient (Wildman–Crippen LogP) is 3.36. The van der Waals surface area contributed by atoms with Crippen molar-refractivity contribution in [1.82, 2.24) is 14.5 Å². The highest BCUT2D eigenvalue weighted by Crippen LogP contribution is 2.27. The second kappa shape index (κ2) is 5.03. The Kier molecular flexibility index (Phi) is 3.01. The SMILES string of the molecule is Cc1ccc(Cn2cnc3c(sc4ncccc43)c2=O)cc1. The molecule has 4 nitrogen and oxygen atoms in total. The number of aromatic nitrogens is 3. The molecule has 0 aliphatic carbocycles. The van der Waals surface area contributed by atoms with E-state index in [0.717, 1.165) is 21.3 Å². The quantitative estimate of drug-likeness (QED) is 0.570. The van der Waals surface area contributed by atoms with Gasteiger partial charge in [-0.3, -0.25) is 9.36 Å². The lowest BCUT2D eigenvalue weighted by Gasteiger charge is -2.05. The highest BCUT2D eigenvalue weighted by atomic mass is 32.1. The molecule has 108 valence electrons. The fraction of sp³-hybridized carbons (Fsp3) is 0.118. The Labute approximate surface area is 130 Å². The summed E-state index contributed by atoms with van der Waals surface area (Å²) in [6.45, 7) is 2.58. The molecule has 5 heteroatoms. The standard InChI is InChI=1S/C17H13N3OS/c1-11-4-6-12(7-5-11)9-20-10-19-14-13-3-2-8-18-16(13)22-15(14)17(20)21/h2-8,10H,9H2,1H3. The molecule has 0 unspecified atom stereocenters. The van der Waals surface area contributed by atoms with Crippen molar-refractivity contribution in [2.24, 2.45) is 0 Å². The van der Waals surface area contributed by atoms with Gasteiger partial charge in [-0.1, -0.05) is 29.8 Å². The monoisotopic (exact) mass is 307 g/mol. The molecule has 4 aromatic rings. The minimum Gasteiger partial charge on any atom is -0.294 e. The van der Waals surface area contributed by atoms with Gasteiger partial charge in [-0.25, -0.2) is 9.97 Å². The third-order valence-corrected chi connectivity index (χ3v) is 4.79. The second-order valence-corrected chi connectivity index (χ2v) is 6.30. The smallest absolute Gasteiger partial charge is 0.271 e. The number of pyridine rings is 1. The lowest BCUT2D eigenvalue weighted by Crippen LogP contribution is -2.20. The molecule has 3 heterocycles. The number of hydrogen-bond donors (Lipinski definition) is 0. The average Bonchev–Trinajstić information content (AvgIpc) is 2.92. The molecule has 0 fully saturated rings. The third-order valence-electron chi connectivity index (χ3n) is 3.69. The van der Waals surface area contributed by atoms with Gasteiger partial charge in [0.1, 0.15) is 9.53 Å². The summed E-state index contributed by atoms with van der Waals surface area (Å²) in [5.74, 6) is 0. The van der Waals surface area contributed by atoms with Gasteiger partial charge in [-0.2, -0.15) is 0 Å². The van der Waals surface area contributed by atoms with Gasteiger partial charge in [-0.05, 0) is 24.6 Å². The third kappa shape index (κ3) is 2.10. The van der Waals surface area contributed by atoms with Crippen molar-refractivity contribution in [3.05, 3.63) is 70.4 Å². The van der Waals surface area contributed by atoms with E-state index < -0.39 is 0 Å². The molecule has 4 rings (SSSR count). The average molecular weight is 307 g/mol. The minimum atomic E-state index is -0.00595. The molecule has 0 bridgehead atoms. The first-order valence-electron chi connectivity index (χ1n) is 7.00. The molecule has 0 spiro atoms. The molecular formula is C17H13N3OS. The van der Waals surface area contributed by atoms with Gasteiger partial charge >= 0.3 is 0 Å². The fourth-order valence-electron chi connectivity index (χ4n) is 2.51. The molecule has 0 N–H and O–H groups in total. The zero-order chi connectivity index (χ0) is 15.1. The Balaban J connectivity index is 1.85. The van der Waals surface area contributed by atoms with Crippen LogP contribution in [0.5, 0.6) is 0 Å². The Morgan fingerprint density at radius 2 is 1.95 bits per heavy atom. The van der Waals surface area contributed by atoms with Crippen molar-refractivity contribution in [1.29, 1.82) is 0 Å². The van der Waals surface area contributed by atoms with Crippen LogP contribution in [0.4, 0.5) is 0 Å². The zero-order valence-electron chi connectivity index (χ0n) is 12.0. The van der Waals surface area contributed by atoms with E-state index in [-0.39, 0.29) is 5.56 Å². The predicted molar refractivity (Wildman–Crippen MR) is 89.5 cm³/mol. The number of aryl methyl sites for hydroxylation is 1. The largest absolute Gasteiger partial charge is 0.294 e. The highest BCUT2D eigenvalue weighted by molar-refractivity contribution is 7.25. The molecule has 0 aliphatic heterocycles. The van der Waals surface area contributed by atoms with Crippen LogP contribution >= 0.6 is 11.3 Å². The molecular weight excluding hydrogens is 294 g/mol. The van der Waals surface area contributed by atoms with E-state index in [4.69, 9.17) is 0 Å². The lowest BCUT2D eigenvalue weighted by molar-refractivity contribution is 0.750. The summed E-state index contributed by atoms with van der Waals surface area (Å²) >= 11 is 1.41. The number of benzene rings is 1. The number of rotatable bonds is 2. The van der Waals surface area contributed by atoms with E-state index >= 15 is 0 Å². The van der Waals surface area contributed by atoms with E-state index in [2.05, 4.69) is 22.1 Å². The molecule has 22 heavy (non-hydrogen) atoms. The summed E-state index contributed by atoms with van der Waals surface area (Å²) in [6.07, 6.45) is 3.37. The van der Waals surface area contributed by atoms with Crippen molar-refractivity contribution >= 4 is 31.8 Å². The summed E-state index contributed by atoms with van der Waals surface area (Å²) in [5, 5.41) is 0.946. The van der Waals surface area contributed by atoms with Crippen molar-refractivity contribution in [2.45, 2.75) is 13.5 Å². The van der Waals surface area contributed by atoms with Crippen molar-refractivity contribution in [3.8, 4) is 0 Å². The van der Waals surface area contributed by atoms with Crippen LogP contribution in [0.1, 0.15) is 11.1 Å². The van der Waals surface area contributed by atoms with Gasteiger partial charge in [0.15, 0.2) is 0 Å². The molecule has 3 aromatic heterocycles. The van der Waals surface area contributed by atoms with Crippen LogP contribution < -0.4 is 5.56 Å². The van der Waals surface area contributed by atoms with E-state index in [9.17, 15) is 4.79 Å². The van der Waals surface area contributed by atoms with Gasteiger partial charge in [0, 0.05) is 11.6 Å². The van der Waals surface area contributed by atoms with E-state index in [1.54, 1.807) is 17.1 Å². The summed E-state index contributed by atoms with van der Waals surface area (Å²) in [7, 11) is 0. The van der Waals surface area contributed by atoms with Crippen LogP contribution in [0.3, 0.4) is 0 Å². The Morgan fingerprint density at radius 3 is 2.77 bits per heavy atom. The van der Waals surface area contributed by atoms with Crippen molar-refractivity contribution in [3.63, 3.8) is 0 Å². The van der Waals surface area contributed by atoms with Crippen LogP contribution in [-0.2, 0) is 6.54 Å². The van der Waals surface area contributed by atoms with Crippen LogP contribution in [0.25, 0.3) is 20.4 Å². The number of nitrogens with zero attached hydrogens (tertiary/aromatic N) is 3. The maximum absolute atomic E-state index is 12.7. The van der Waals surface area contributed by atoms with Gasteiger partial charge in [0.25, 0.3) is 5.56 Å². The summed E-state index contributed by atoms with van der Waals surface area (Å²) in [4.78, 5) is 22.3. The van der Waals surface area contributed by atoms with E-state index in [0.29, 0.717) is 11.2 Å². The van der Waals surface area contributed by atoms with E-state index in [1.807, 2.05) is 31.2 Å². The Bertz CT molecular complexity index is 1030. The van der Waals surface area contributed by atoms with Gasteiger partial charge < -0.3 is 0 Å². The van der Waals surface area contributed by atoms with Gasteiger partial charge in [-0.15, -0.1) is 11.3 Å². The van der Waals surface area contributed by atoms with Gasteiger partial charge in [0.05, 0.1) is 18.4 Å². The molecule has 0 atom stereocenters. The van der Waals surface area contributed by atoms with Crippen LogP contribution in [0, 0.1) is 6.92 Å². The van der Waals surface area contributed by atoms with Gasteiger partial charge in [0.2, 0.25) is 0 Å². The first-order chi connectivity index (χ1) is 10.7. The van der Waals surface area contributed by atoms with E-state index in [1.165, 1.54) is 16.9 Å². The van der Waals surface area contributed by atoms with Crippen LogP contribution in [0.15, 0.2) is 53.7 Å². The van der Waals surface area contributed by atoms with Crippen LogP contribution in [0.2, 0.25) is 0 Å². The molecule has 0 saturated heterocycles. The van der Waals surface area contributed by atoms with Crippen molar-refractivity contribution in [2.75, 3.05) is 0 Å². The molecule has 1 aromatic carbocycles. The summed E-state index contributed by atoms with van der Waals surface area (Å²) < 4.78 is 2.32. The molecule has 0 aliphatic rings. The summed E-state index contributed by atoms with van der Waals surface area (Å²) in [5.41, 5.74) is 3.04. The van der Waals surface area contributed by atoms with Crippen molar-refractivity contribution < 1.29 is 0 Å². The number of thiophene rings is 1. The maximum atomic E-state index is 12.7. The zero-order valence-corrected chi connectivity index (χ0v) is 12.8. The normalized spacial score (nSPS) is 11.3. The maximum Gasteiger partial charge on any atom is 0.271 e. The first-order valence-corrected chi connectivity index (χ1v) is 7.82.